The second kappa shape index (κ2) is 12.5. The van der Waals surface area contributed by atoms with Crippen LogP contribution in [0.2, 0.25) is 0 Å². The molecule has 2 unspecified atom stereocenters. The number of hydrogen-bond donors (Lipinski definition) is 2. The first kappa shape index (κ1) is 26.9. The largest absolute Gasteiger partial charge is 0.497 e. The number of benzene rings is 3. The second-order valence-corrected chi connectivity index (χ2v) is 12.7. The number of methoxy groups -OCH3 is 1. The molecular weight excluding hydrogens is 492 g/mol. The van der Waals surface area contributed by atoms with Crippen molar-refractivity contribution in [3.05, 3.63) is 95.6 Å². The fourth-order valence-corrected chi connectivity index (χ4v) is 7.39. The molecule has 2 N–H and O–H groups in total. The van der Waals surface area contributed by atoms with Gasteiger partial charge in [0.1, 0.15) is 5.75 Å². The minimum absolute atomic E-state index is 0.343. The van der Waals surface area contributed by atoms with E-state index in [1.54, 1.807) is 31.4 Å². The molecule has 2 aliphatic carbocycles. The van der Waals surface area contributed by atoms with Gasteiger partial charge in [0.05, 0.1) is 12.0 Å². The van der Waals surface area contributed by atoms with Crippen molar-refractivity contribution >= 4 is 10.0 Å². The number of ether oxygens (including phenoxy) is 1. The monoisotopic (exact) mass is 532 g/mol. The van der Waals surface area contributed by atoms with E-state index in [4.69, 9.17) is 4.74 Å². The predicted molar refractivity (Wildman–Crippen MR) is 153 cm³/mol. The average molecular weight is 533 g/mol. The Morgan fingerprint density at radius 3 is 2.16 bits per heavy atom. The molecule has 38 heavy (non-hydrogen) atoms. The van der Waals surface area contributed by atoms with Crippen LogP contribution >= 0.6 is 0 Å². The second-order valence-electron chi connectivity index (χ2n) is 11.0. The summed E-state index contributed by atoms with van der Waals surface area (Å²) in [4.78, 5) is 0.343. The zero-order chi connectivity index (χ0) is 26.4. The Labute approximate surface area is 228 Å². The summed E-state index contributed by atoms with van der Waals surface area (Å²) in [5, 5.41) is 3.98. The highest BCUT2D eigenvalue weighted by Crippen LogP contribution is 2.37. The third-order valence-corrected chi connectivity index (χ3v) is 9.95. The summed E-state index contributed by atoms with van der Waals surface area (Å²) < 4.78 is 33.5. The third kappa shape index (κ3) is 6.66. The van der Waals surface area contributed by atoms with Crippen LogP contribution in [0.25, 0.3) is 0 Å². The van der Waals surface area contributed by atoms with Crippen LogP contribution in [-0.2, 0) is 22.9 Å². The van der Waals surface area contributed by atoms with Crippen LogP contribution in [0.15, 0.2) is 83.8 Å². The fraction of sp³-hybridized carbons (Fsp3) is 0.438. The Balaban J connectivity index is 1.15. The first-order valence-electron chi connectivity index (χ1n) is 14.0. The molecule has 2 aliphatic rings. The van der Waals surface area contributed by atoms with Gasteiger partial charge in [0.2, 0.25) is 10.0 Å². The maximum absolute atomic E-state index is 12.6. The van der Waals surface area contributed by atoms with Gasteiger partial charge in [0.25, 0.3) is 0 Å². The molecule has 0 heterocycles. The zero-order valence-corrected chi connectivity index (χ0v) is 23.1. The zero-order valence-electron chi connectivity index (χ0n) is 22.3. The maximum atomic E-state index is 12.6. The average Bonchev–Trinajstić information content (AvgIpc) is 2.97. The van der Waals surface area contributed by atoms with Gasteiger partial charge in [0.15, 0.2) is 0 Å². The Bertz CT molecular complexity index is 1270. The number of nitrogens with one attached hydrogen (secondary N) is 2. The minimum Gasteiger partial charge on any atom is -0.497 e. The number of hydrogen-bond acceptors (Lipinski definition) is 4. The topological polar surface area (TPSA) is 67.4 Å². The highest BCUT2D eigenvalue weighted by molar-refractivity contribution is 7.89. The molecule has 3 aromatic rings. The lowest BCUT2D eigenvalue weighted by Crippen LogP contribution is -2.42. The lowest BCUT2D eigenvalue weighted by atomic mass is 9.75. The molecule has 0 amide bonds. The number of sulfonamides is 1. The highest BCUT2D eigenvalue weighted by Gasteiger charge is 2.31. The SMILES string of the molecule is COc1ccc2c(c1)CCC(NCC1CCC(CNS(=O)(=O)c3ccccc3)CC1)C2Cc1ccccc1. The molecule has 0 radical (unpaired) electrons. The van der Waals surface area contributed by atoms with Crippen LogP contribution in [0.4, 0.5) is 0 Å². The summed E-state index contributed by atoms with van der Waals surface area (Å²) in [6.45, 7) is 1.56. The standard InChI is InChI=1S/C32H40N2O3S/c1-37-28-17-18-30-27(21-28)16-19-32(31(30)20-24-8-4-2-5-9-24)33-22-25-12-14-26(15-13-25)23-34-38(35,36)29-10-6-3-7-11-29/h2-11,17-18,21,25-26,31-34H,12-16,19-20,22-23H2,1H3. The van der Waals surface area contributed by atoms with Gasteiger partial charge in [-0.15, -0.1) is 0 Å². The molecule has 1 saturated carbocycles. The van der Waals surface area contributed by atoms with E-state index in [2.05, 4.69) is 58.6 Å². The summed E-state index contributed by atoms with van der Waals surface area (Å²) in [7, 11) is -1.69. The van der Waals surface area contributed by atoms with Crippen molar-refractivity contribution in [2.45, 2.75) is 61.8 Å². The first-order valence-corrected chi connectivity index (χ1v) is 15.5. The molecular formula is C32H40N2O3S. The van der Waals surface area contributed by atoms with Crippen LogP contribution < -0.4 is 14.8 Å². The Morgan fingerprint density at radius 1 is 0.816 bits per heavy atom. The van der Waals surface area contributed by atoms with Crippen molar-refractivity contribution in [3.8, 4) is 5.75 Å². The van der Waals surface area contributed by atoms with Crippen molar-refractivity contribution in [3.63, 3.8) is 0 Å². The lowest BCUT2D eigenvalue weighted by Gasteiger charge is -2.37. The molecule has 0 aromatic heterocycles. The van der Waals surface area contributed by atoms with Gasteiger partial charge in [-0.3, -0.25) is 0 Å². The summed E-state index contributed by atoms with van der Waals surface area (Å²) in [5.74, 6) is 2.44. The van der Waals surface area contributed by atoms with Crippen LogP contribution in [0.3, 0.4) is 0 Å². The van der Waals surface area contributed by atoms with Gasteiger partial charge in [0, 0.05) is 18.5 Å². The maximum Gasteiger partial charge on any atom is 0.240 e. The molecule has 2 atom stereocenters. The van der Waals surface area contributed by atoms with E-state index in [0.717, 1.165) is 57.2 Å². The molecule has 0 saturated heterocycles. The van der Waals surface area contributed by atoms with Crippen molar-refractivity contribution in [2.75, 3.05) is 20.2 Å². The van der Waals surface area contributed by atoms with Crippen molar-refractivity contribution in [1.82, 2.24) is 10.0 Å². The minimum atomic E-state index is -3.43. The normalized spacial score (nSPS) is 23.5. The van der Waals surface area contributed by atoms with Gasteiger partial charge in [-0.25, -0.2) is 13.1 Å². The first-order chi connectivity index (χ1) is 18.5. The summed E-state index contributed by atoms with van der Waals surface area (Å²) in [6, 6.07) is 26.5. The molecule has 202 valence electrons. The molecule has 6 heteroatoms. The van der Waals surface area contributed by atoms with Crippen LogP contribution in [0.1, 0.15) is 54.7 Å². The Hall–Kier alpha value is -2.67. The number of fused-ring (bicyclic) bond motifs is 1. The van der Waals surface area contributed by atoms with Gasteiger partial charge < -0.3 is 10.1 Å². The summed E-state index contributed by atoms with van der Waals surface area (Å²) in [6.07, 6.45) is 7.68. The van der Waals surface area contributed by atoms with Crippen molar-refractivity contribution in [2.24, 2.45) is 11.8 Å². The van der Waals surface area contributed by atoms with E-state index in [1.165, 1.54) is 16.7 Å². The molecule has 0 bridgehead atoms. The van der Waals surface area contributed by atoms with Gasteiger partial charge in [-0.05, 0) is 104 Å². The fourth-order valence-electron chi connectivity index (χ4n) is 6.25. The van der Waals surface area contributed by atoms with Gasteiger partial charge >= 0.3 is 0 Å². The quantitative estimate of drug-likeness (QED) is 0.351. The van der Waals surface area contributed by atoms with Gasteiger partial charge in [-0.1, -0.05) is 54.6 Å². The lowest BCUT2D eigenvalue weighted by molar-refractivity contribution is 0.252. The third-order valence-electron chi connectivity index (χ3n) is 8.51. The van der Waals surface area contributed by atoms with Crippen molar-refractivity contribution < 1.29 is 13.2 Å². The van der Waals surface area contributed by atoms with E-state index in [0.29, 0.717) is 35.2 Å². The molecule has 3 aromatic carbocycles. The molecule has 1 fully saturated rings. The van der Waals surface area contributed by atoms with Gasteiger partial charge in [-0.2, -0.15) is 0 Å². The van der Waals surface area contributed by atoms with Crippen molar-refractivity contribution in [1.29, 1.82) is 0 Å². The predicted octanol–water partition coefficient (Wildman–Crippen LogP) is 5.71. The summed E-state index contributed by atoms with van der Waals surface area (Å²) >= 11 is 0. The highest BCUT2D eigenvalue weighted by atomic mass is 32.2. The number of aryl methyl sites for hydroxylation is 1. The molecule has 5 rings (SSSR count). The van der Waals surface area contributed by atoms with E-state index >= 15 is 0 Å². The molecule has 5 nitrogen and oxygen atoms in total. The van der Waals surface area contributed by atoms with E-state index in [1.807, 2.05) is 6.07 Å². The Morgan fingerprint density at radius 2 is 1.47 bits per heavy atom. The smallest absolute Gasteiger partial charge is 0.240 e. The van der Waals surface area contributed by atoms with Crippen LogP contribution in [0.5, 0.6) is 5.75 Å². The number of rotatable bonds is 10. The van der Waals surface area contributed by atoms with E-state index < -0.39 is 10.0 Å². The van der Waals surface area contributed by atoms with E-state index in [9.17, 15) is 8.42 Å². The van der Waals surface area contributed by atoms with Crippen LogP contribution in [-0.4, -0.2) is 34.7 Å². The molecule has 0 aliphatic heterocycles. The molecule has 0 spiro atoms. The van der Waals surface area contributed by atoms with Crippen LogP contribution in [0, 0.1) is 11.8 Å². The Kier molecular flexibility index (Phi) is 8.82. The summed E-state index contributed by atoms with van der Waals surface area (Å²) in [5.41, 5.74) is 4.25. The van der Waals surface area contributed by atoms with E-state index in [-0.39, 0.29) is 0 Å².